The van der Waals surface area contributed by atoms with Crippen LogP contribution in [-0.4, -0.2) is 21.8 Å². The highest BCUT2D eigenvalue weighted by Gasteiger charge is 2.31. The van der Waals surface area contributed by atoms with Crippen LogP contribution in [0.25, 0.3) is 11.3 Å². The summed E-state index contributed by atoms with van der Waals surface area (Å²) in [4.78, 5) is 23.3. The molecule has 4 heteroatoms. The van der Waals surface area contributed by atoms with Gasteiger partial charge in [0, 0.05) is 11.1 Å². The predicted octanol–water partition coefficient (Wildman–Crippen LogP) is 1.46. The van der Waals surface area contributed by atoms with Gasteiger partial charge in [0.15, 0.2) is 0 Å². The summed E-state index contributed by atoms with van der Waals surface area (Å²) in [7, 11) is 0. The highest BCUT2D eigenvalue weighted by atomic mass is 16.2. The Bertz CT molecular complexity index is 584. The van der Waals surface area contributed by atoms with E-state index < -0.39 is 11.6 Å². The quantitative estimate of drug-likeness (QED) is 0.652. The van der Waals surface area contributed by atoms with E-state index >= 15 is 0 Å². The number of benzene rings is 1. The molecule has 0 saturated carbocycles. The van der Waals surface area contributed by atoms with Crippen LogP contribution in [0.5, 0.6) is 0 Å². The fourth-order valence-corrected chi connectivity index (χ4v) is 1.81. The van der Waals surface area contributed by atoms with Crippen molar-refractivity contribution in [2.75, 3.05) is 0 Å². The van der Waals surface area contributed by atoms with Crippen LogP contribution >= 0.6 is 0 Å². The van der Waals surface area contributed by atoms with Crippen molar-refractivity contribution in [1.29, 1.82) is 0 Å². The first-order valence-corrected chi connectivity index (χ1v) is 4.51. The number of aromatic amines is 1. The van der Waals surface area contributed by atoms with Gasteiger partial charge in [-0.3, -0.25) is 14.7 Å². The molecule has 0 radical (unpaired) electrons. The number of carbonyl (C=O) groups excluding carboxylic acids is 2. The van der Waals surface area contributed by atoms with Crippen molar-refractivity contribution in [2.24, 2.45) is 0 Å². The Morgan fingerprint density at radius 1 is 0.933 bits per heavy atom. The Morgan fingerprint density at radius 2 is 1.60 bits per heavy atom. The van der Waals surface area contributed by atoms with Crippen molar-refractivity contribution < 1.29 is 9.59 Å². The van der Waals surface area contributed by atoms with Crippen LogP contribution in [0.3, 0.4) is 0 Å². The lowest BCUT2D eigenvalue weighted by Gasteiger charge is -2.12. The lowest BCUT2D eigenvalue weighted by Crippen LogP contribution is -2.20. The molecular weight excluding hydrogens is 192 g/mol. The summed E-state index contributed by atoms with van der Waals surface area (Å²) in [6.07, 6.45) is 1.39. The summed E-state index contributed by atoms with van der Waals surface area (Å²) in [6, 6.07) is 7.02. The van der Waals surface area contributed by atoms with E-state index in [0.717, 1.165) is 5.56 Å². The van der Waals surface area contributed by atoms with E-state index in [9.17, 15) is 9.59 Å². The van der Waals surface area contributed by atoms with Crippen molar-refractivity contribution >= 4 is 11.6 Å². The number of H-pyrrole nitrogens is 1. The number of fused-ring (bicyclic) bond motifs is 3. The standard InChI is InChI=1S/C11H6N2O2/c14-10-7-4-2-1-3-6(7)9-8(11(10)15)5-12-13-9/h1-5H,(H,12,13). The molecule has 0 fully saturated rings. The van der Waals surface area contributed by atoms with Crippen molar-refractivity contribution in [3.8, 4) is 11.3 Å². The Labute approximate surface area is 84.9 Å². The molecule has 3 rings (SSSR count). The molecule has 0 saturated heterocycles. The minimum Gasteiger partial charge on any atom is -0.285 e. The van der Waals surface area contributed by atoms with Crippen molar-refractivity contribution in [2.45, 2.75) is 0 Å². The first-order chi connectivity index (χ1) is 7.29. The SMILES string of the molecule is O=C1C(=O)c2cn[nH]c2-c2ccccc21. The van der Waals surface area contributed by atoms with Gasteiger partial charge in [0.05, 0.1) is 17.5 Å². The zero-order chi connectivity index (χ0) is 10.4. The number of carbonyl (C=O) groups is 2. The van der Waals surface area contributed by atoms with Crippen LogP contribution in [0.2, 0.25) is 0 Å². The molecule has 0 spiro atoms. The van der Waals surface area contributed by atoms with E-state index in [1.165, 1.54) is 6.20 Å². The molecule has 1 N–H and O–H groups in total. The average Bonchev–Trinajstić information content (AvgIpc) is 2.75. The van der Waals surface area contributed by atoms with Gasteiger partial charge in [-0.05, 0) is 0 Å². The second-order valence-corrected chi connectivity index (χ2v) is 3.36. The number of hydrogen-bond donors (Lipinski definition) is 1. The van der Waals surface area contributed by atoms with E-state index in [0.29, 0.717) is 16.8 Å². The van der Waals surface area contributed by atoms with Gasteiger partial charge in [-0.1, -0.05) is 24.3 Å². The van der Waals surface area contributed by atoms with Gasteiger partial charge in [0.2, 0.25) is 11.6 Å². The highest BCUT2D eigenvalue weighted by Crippen LogP contribution is 2.30. The maximum atomic E-state index is 11.7. The molecule has 0 bridgehead atoms. The molecule has 0 aliphatic heterocycles. The Hall–Kier alpha value is -2.23. The normalized spacial score (nSPS) is 13.6. The topological polar surface area (TPSA) is 62.8 Å². The van der Waals surface area contributed by atoms with Crippen molar-refractivity contribution in [1.82, 2.24) is 10.2 Å². The molecule has 0 atom stereocenters. The molecule has 1 aromatic heterocycles. The molecular formula is C11H6N2O2. The average molecular weight is 198 g/mol. The monoisotopic (exact) mass is 198 g/mol. The third-order valence-electron chi connectivity index (χ3n) is 2.53. The number of hydrogen-bond acceptors (Lipinski definition) is 3. The third-order valence-corrected chi connectivity index (χ3v) is 2.53. The van der Waals surface area contributed by atoms with Gasteiger partial charge >= 0.3 is 0 Å². The maximum absolute atomic E-state index is 11.7. The number of nitrogens with one attached hydrogen (secondary N) is 1. The molecule has 1 heterocycles. The van der Waals surface area contributed by atoms with Crippen LogP contribution in [0, 0.1) is 0 Å². The van der Waals surface area contributed by atoms with Crippen molar-refractivity contribution in [3.05, 3.63) is 41.6 Å². The number of nitrogens with zero attached hydrogens (tertiary/aromatic N) is 1. The van der Waals surface area contributed by atoms with E-state index in [1.807, 2.05) is 6.07 Å². The first kappa shape index (κ1) is 8.11. The summed E-state index contributed by atoms with van der Waals surface area (Å²) in [5, 5.41) is 6.53. The molecule has 1 aromatic carbocycles. The Kier molecular flexibility index (Phi) is 1.42. The number of ketones is 2. The molecule has 1 aliphatic rings. The largest absolute Gasteiger partial charge is 0.285 e. The second kappa shape index (κ2) is 2.63. The van der Waals surface area contributed by atoms with Gasteiger partial charge in [-0.15, -0.1) is 0 Å². The zero-order valence-electron chi connectivity index (χ0n) is 7.65. The van der Waals surface area contributed by atoms with Crippen molar-refractivity contribution in [3.63, 3.8) is 0 Å². The minimum atomic E-state index is -0.488. The number of Topliss-reactive ketones (excluding diaryl/α,β-unsaturated/α-hetero) is 2. The summed E-state index contributed by atoms with van der Waals surface area (Å²) >= 11 is 0. The Balaban J connectivity index is 2.42. The predicted molar refractivity (Wildman–Crippen MR) is 52.7 cm³/mol. The number of aromatic nitrogens is 2. The fourth-order valence-electron chi connectivity index (χ4n) is 1.81. The van der Waals surface area contributed by atoms with Crippen LogP contribution in [-0.2, 0) is 0 Å². The Morgan fingerprint density at radius 3 is 2.40 bits per heavy atom. The smallest absolute Gasteiger partial charge is 0.237 e. The zero-order valence-corrected chi connectivity index (χ0v) is 7.65. The molecule has 72 valence electrons. The first-order valence-electron chi connectivity index (χ1n) is 4.51. The van der Waals surface area contributed by atoms with Gasteiger partial charge in [-0.25, -0.2) is 0 Å². The molecule has 4 nitrogen and oxygen atoms in total. The van der Waals surface area contributed by atoms with E-state index in [4.69, 9.17) is 0 Å². The van der Waals surface area contributed by atoms with Gasteiger partial charge < -0.3 is 0 Å². The maximum Gasteiger partial charge on any atom is 0.237 e. The lowest BCUT2D eigenvalue weighted by molar-refractivity contribution is 0.0815. The van der Waals surface area contributed by atoms with Gasteiger partial charge in [0.1, 0.15) is 0 Å². The van der Waals surface area contributed by atoms with E-state index in [1.54, 1.807) is 18.2 Å². The summed E-state index contributed by atoms with van der Waals surface area (Å²) in [5.74, 6) is -0.947. The summed E-state index contributed by atoms with van der Waals surface area (Å²) in [5.41, 5.74) is 2.18. The third kappa shape index (κ3) is 0.929. The van der Waals surface area contributed by atoms with E-state index in [-0.39, 0.29) is 0 Å². The highest BCUT2D eigenvalue weighted by molar-refractivity contribution is 6.52. The molecule has 0 amide bonds. The van der Waals surface area contributed by atoms with E-state index in [2.05, 4.69) is 10.2 Å². The lowest BCUT2D eigenvalue weighted by atomic mass is 9.89. The summed E-state index contributed by atoms with van der Waals surface area (Å²) in [6.45, 7) is 0. The molecule has 1 aliphatic carbocycles. The van der Waals surface area contributed by atoms with Gasteiger partial charge in [-0.2, -0.15) is 5.10 Å². The second-order valence-electron chi connectivity index (χ2n) is 3.36. The molecule has 15 heavy (non-hydrogen) atoms. The fraction of sp³-hybridized carbons (Fsp3) is 0. The van der Waals surface area contributed by atoms with Gasteiger partial charge in [0.25, 0.3) is 0 Å². The van der Waals surface area contributed by atoms with Crippen LogP contribution in [0.1, 0.15) is 20.7 Å². The number of rotatable bonds is 0. The summed E-state index contributed by atoms with van der Waals surface area (Å²) < 4.78 is 0. The minimum absolute atomic E-state index is 0.360. The molecule has 2 aromatic rings. The van der Waals surface area contributed by atoms with Crippen LogP contribution in [0.15, 0.2) is 30.5 Å². The van der Waals surface area contributed by atoms with Crippen LogP contribution < -0.4 is 0 Å². The molecule has 0 unspecified atom stereocenters. The van der Waals surface area contributed by atoms with Crippen LogP contribution in [0.4, 0.5) is 0 Å².